The number of carbonyl (C=O) groups is 2. The van der Waals surface area contributed by atoms with Crippen molar-refractivity contribution in [1.29, 1.82) is 0 Å². The average molecular weight is 325 g/mol. The third-order valence-electron chi connectivity index (χ3n) is 3.75. The number of alkyl halides is 1. The maximum Gasteiger partial charge on any atom is 0.243 e. The van der Waals surface area contributed by atoms with Crippen LogP contribution in [-0.4, -0.2) is 36.3 Å². The monoisotopic (exact) mass is 324 g/mol. The fourth-order valence-corrected chi connectivity index (χ4v) is 2.86. The number of carbonyl (C=O) groups excluding carboxylic acids is 2. The number of hydrogen-bond acceptors (Lipinski definition) is 2. The van der Waals surface area contributed by atoms with Crippen molar-refractivity contribution in [1.82, 2.24) is 10.2 Å². The van der Waals surface area contributed by atoms with E-state index in [9.17, 15) is 9.59 Å². The second kappa shape index (κ2) is 6.92. The molecule has 4 nitrogen and oxygen atoms in total. The molecule has 0 bridgehead atoms. The highest BCUT2D eigenvalue weighted by Crippen LogP contribution is 2.39. The van der Waals surface area contributed by atoms with Crippen LogP contribution in [-0.2, 0) is 15.3 Å². The Hall–Kier alpha value is -1.88. The quantitative estimate of drug-likeness (QED) is 0.846. The van der Waals surface area contributed by atoms with Gasteiger partial charge in [0.1, 0.15) is 0 Å². The summed E-state index contributed by atoms with van der Waals surface area (Å²) < 4.78 is 15.1. The van der Waals surface area contributed by atoms with Gasteiger partial charge in [0.05, 0.1) is 6.54 Å². The molecule has 1 atom stereocenters. The summed E-state index contributed by atoms with van der Waals surface area (Å²) in [6, 6.07) is 6.78. The maximum atomic E-state index is 15.1. The van der Waals surface area contributed by atoms with Crippen molar-refractivity contribution in [2.24, 2.45) is 0 Å². The van der Waals surface area contributed by atoms with Gasteiger partial charge in [-0.25, -0.2) is 4.39 Å². The van der Waals surface area contributed by atoms with E-state index in [2.05, 4.69) is 11.9 Å². The molecular formula is C16H18ClFN2O2. The van der Waals surface area contributed by atoms with E-state index >= 15 is 4.39 Å². The standard InChI is InChI=1S/C16H18ClFN2O2/c1-2-14(21)19-9-7-15(22)20-10-8-16(18,11-20)12-5-3-4-6-13(12)17/h2-6H,1,7-11H2,(H,19,21). The largest absolute Gasteiger partial charge is 0.352 e. The number of benzene rings is 1. The number of rotatable bonds is 5. The van der Waals surface area contributed by atoms with Gasteiger partial charge in [-0.3, -0.25) is 9.59 Å². The van der Waals surface area contributed by atoms with Crippen molar-refractivity contribution in [2.45, 2.75) is 18.5 Å². The van der Waals surface area contributed by atoms with Crippen LogP contribution < -0.4 is 5.32 Å². The lowest BCUT2D eigenvalue weighted by Crippen LogP contribution is -2.34. The van der Waals surface area contributed by atoms with Crippen LogP contribution in [0.15, 0.2) is 36.9 Å². The molecule has 1 saturated heterocycles. The molecule has 1 aliphatic rings. The highest BCUT2D eigenvalue weighted by atomic mass is 35.5. The first kappa shape index (κ1) is 16.5. The number of nitrogens with one attached hydrogen (secondary N) is 1. The van der Waals surface area contributed by atoms with Crippen LogP contribution in [0.25, 0.3) is 0 Å². The molecule has 1 fully saturated rings. The predicted molar refractivity (Wildman–Crippen MR) is 83.3 cm³/mol. The summed E-state index contributed by atoms with van der Waals surface area (Å²) in [7, 11) is 0. The topological polar surface area (TPSA) is 49.4 Å². The highest BCUT2D eigenvalue weighted by molar-refractivity contribution is 6.31. The Morgan fingerprint density at radius 1 is 1.45 bits per heavy atom. The van der Waals surface area contributed by atoms with E-state index in [1.165, 1.54) is 4.90 Å². The van der Waals surface area contributed by atoms with Crippen LogP contribution in [0, 0.1) is 0 Å². The molecular weight excluding hydrogens is 307 g/mol. The average Bonchev–Trinajstić information content (AvgIpc) is 2.91. The highest BCUT2D eigenvalue weighted by Gasteiger charge is 2.42. The summed E-state index contributed by atoms with van der Waals surface area (Å²) in [6.45, 7) is 3.88. The third kappa shape index (κ3) is 3.65. The Labute approximate surface area is 133 Å². The molecule has 0 radical (unpaired) electrons. The molecule has 1 aromatic rings. The lowest BCUT2D eigenvalue weighted by molar-refractivity contribution is -0.130. The van der Waals surface area contributed by atoms with Crippen molar-refractivity contribution in [3.05, 3.63) is 47.5 Å². The number of nitrogens with zero attached hydrogens (tertiary/aromatic N) is 1. The van der Waals surface area contributed by atoms with E-state index in [4.69, 9.17) is 11.6 Å². The second-order valence-corrected chi connectivity index (χ2v) is 5.66. The van der Waals surface area contributed by atoms with Crippen LogP contribution in [0.2, 0.25) is 5.02 Å². The first-order valence-corrected chi connectivity index (χ1v) is 7.46. The van der Waals surface area contributed by atoms with Crippen molar-refractivity contribution in [3.8, 4) is 0 Å². The zero-order valence-electron chi connectivity index (χ0n) is 12.1. The molecule has 2 amide bonds. The zero-order chi connectivity index (χ0) is 16.2. The van der Waals surface area contributed by atoms with Crippen molar-refractivity contribution in [2.75, 3.05) is 19.6 Å². The lowest BCUT2D eigenvalue weighted by atomic mass is 9.95. The Balaban J connectivity index is 1.94. The van der Waals surface area contributed by atoms with Gasteiger partial charge in [-0.05, 0) is 12.1 Å². The first-order valence-electron chi connectivity index (χ1n) is 7.08. The molecule has 0 spiro atoms. The molecule has 2 rings (SSSR count). The number of hydrogen-bond donors (Lipinski definition) is 1. The molecule has 22 heavy (non-hydrogen) atoms. The first-order chi connectivity index (χ1) is 10.5. The molecule has 118 valence electrons. The molecule has 1 aliphatic heterocycles. The minimum Gasteiger partial charge on any atom is -0.352 e. The normalized spacial score (nSPS) is 20.7. The summed E-state index contributed by atoms with van der Waals surface area (Å²) in [4.78, 5) is 24.6. The number of likely N-dealkylation sites (tertiary alicyclic amines) is 1. The summed E-state index contributed by atoms with van der Waals surface area (Å²) in [6.07, 6.45) is 1.50. The van der Waals surface area contributed by atoms with E-state index in [1.54, 1.807) is 24.3 Å². The molecule has 6 heteroatoms. The Morgan fingerprint density at radius 2 is 2.18 bits per heavy atom. The predicted octanol–water partition coefficient (Wildman–Crippen LogP) is 2.43. The fourth-order valence-electron chi connectivity index (χ4n) is 2.55. The number of amides is 2. The van der Waals surface area contributed by atoms with Crippen LogP contribution >= 0.6 is 11.6 Å². The molecule has 1 unspecified atom stereocenters. The Kier molecular flexibility index (Phi) is 5.19. The summed E-state index contributed by atoms with van der Waals surface area (Å²) in [5.74, 6) is -0.513. The minimum absolute atomic E-state index is 0.00896. The molecule has 1 heterocycles. The molecule has 0 aromatic heterocycles. The van der Waals surface area contributed by atoms with Gasteiger partial charge in [-0.1, -0.05) is 36.4 Å². The summed E-state index contributed by atoms with van der Waals surface area (Å²) in [5.41, 5.74) is -1.19. The smallest absolute Gasteiger partial charge is 0.243 e. The van der Waals surface area contributed by atoms with Gasteiger partial charge in [0, 0.05) is 36.5 Å². The van der Waals surface area contributed by atoms with E-state index in [1.807, 2.05) is 0 Å². The van der Waals surface area contributed by atoms with Gasteiger partial charge in [0.25, 0.3) is 0 Å². The lowest BCUT2D eigenvalue weighted by Gasteiger charge is -2.22. The molecule has 0 aliphatic carbocycles. The van der Waals surface area contributed by atoms with E-state index in [-0.39, 0.29) is 37.7 Å². The van der Waals surface area contributed by atoms with Gasteiger partial charge in [0.15, 0.2) is 5.67 Å². The van der Waals surface area contributed by atoms with Crippen molar-refractivity contribution in [3.63, 3.8) is 0 Å². The van der Waals surface area contributed by atoms with E-state index in [0.29, 0.717) is 17.1 Å². The number of halogens is 2. The molecule has 0 saturated carbocycles. The van der Waals surface area contributed by atoms with Crippen LogP contribution in [0.3, 0.4) is 0 Å². The van der Waals surface area contributed by atoms with Crippen LogP contribution in [0.4, 0.5) is 4.39 Å². The van der Waals surface area contributed by atoms with Gasteiger partial charge < -0.3 is 10.2 Å². The summed E-state index contributed by atoms with van der Waals surface area (Å²) >= 11 is 6.06. The van der Waals surface area contributed by atoms with Crippen LogP contribution in [0.1, 0.15) is 18.4 Å². The minimum atomic E-state index is -1.61. The summed E-state index contributed by atoms with van der Waals surface area (Å²) in [5, 5.41) is 2.90. The van der Waals surface area contributed by atoms with Gasteiger partial charge >= 0.3 is 0 Å². The Morgan fingerprint density at radius 3 is 2.86 bits per heavy atom. The van der Waals surface area contributed by atoms with Crippen molar-refractivity contribution >= 4 is 23.4 Å². The van der Waals surface area contributed by atoms with Crippen LogP contribution in [0.5, 0.6) is 0 Å². The van der Waals surface area contributed by atoms with Gasteiger partial charge in [0.2, 0.25) is 11.8 Å². The van der Waals surface area contributed by atoms with Crippen molar-refractivity contribution < 1.29 is 14.0 Å². The second-order valence-electron chi connectivity index (χ2n) is 5.26. The molecule has 1 aromatic carbocycles. The maximum absolute atomic E-state index is 15.1. The molecule has 1 N–H and O–H groups in total. The fraction of sp³-hybridized carbons (Fsp3) is 0.375. The SMILES string of the molecule is C=CC(=O)NCCC(=O)N1CCC(F)(c2ccccc2Cl)C1. The van der Waals surface area contributed by atoms with E-state index < -0.39 is 5.67 Å². The Bertz CT molecular complexity index is 593. The third-order valence-corrected chi connectivity index (χ3v) is 4.08. The van der Waals surface area contributed by atoms with E-state index in [0.717, 1.165) is 6.08 Å². The van der Waals surface area contributed by atoms with Gasteiger partial charge in [-0.15, -0.1) is 0 Å². The van der Waals surface area contributed by atoms with Gasteiger partial charge in [-0.2, -0.15) is 0 Å². The zero-order valence-corrected chi connectivity index (χ0v) is 12.9.